The number of nitrogens with one attached hydrogen (secondary N) is 1. The Morgan fingerprint density at radius 1 is 1.14 bits per heavy atom. The van der Waals surface area contributed by atoms with Crippen molar-refractivity contribution in [3.63, 3.8) is 0 Å². The van der Waals surface area contributed by atoms with Gasteiger partial charge < -0.3 is 10.2 Å². The highest BCUT2D eigenvalue weighted by Crippen LogP contribution is 2.33. The summed E-state index contributed by atoms with van der Waals surface area (Å²) in [6.07, 6.45) is 5.28. The first-order valence-electron chi connectivity index (χ1n) is 7.76. The summed E-state index contributed by atoms with van der Waals surface area (Å²) < 4.78 is 13.5. The van der Waals surface area contributed by atoms with Crippen LogP contribution < -0.4 is 5.32 Å². The Morgan fingerprint density at radius 2 is 1.86 bits per heavy atom. The van der Waals surface area contributed by atoms with Crippen molar-refractivity contribution in [3.05, 3.63) is 33.6 Å². The molecule has 3 rings (SSSR count). The van der Waals surface area contributed by atoms with Gasteiger partial charge in [0, 0.05) is 18.6 Å². The Balaban J connectivity index is 1.93. The molecule has 2 fully saturated rings. The standard InChI is InChI=1S/C16H19Cl2FN2O/c17-14-12(5-6-13(19)15(14)18)16(22)21(10-3-1-2-4-10)11-7-8-20-9-11/h5-6,10-11,20H,1-4,7-9H2. The van der Waals surface area contributed by atoms with E-state index in [1.54, 1.807) is 0 Å². The number of carbonyl (C=O) groups is 1. The van der Waals surface area contributed by atoms with Crippen molar-refractivity contribution in [2.75, 3.05) is 13.1 Å². The van der Waals surface area contributed by atoms with Crippen LogP contribution in [0.15, 0.2) is 12.1 Å². The number of hydrogen-bond donors (Lipinski definition) is 1. The zero-order valence-corrected chi connectivity index (χ0v) is 13.8. The first-order chi connectivity index (χ1) is 10.6. The normalized spacial score (nSPS) is 22.2. The zero-order valence-electron chi connectivity index (χ0n) is 12.2. The van der Waals surface area contributed by atoms with Crippen molar-refractivity contribution in [2.24, 2.45) is 0 Å². The predicted molar refractivity (Wildman–Crippen MR) is 86.1 cm³/mol. The Morgan fingerprint density at radius 3 is 2.50 bits per heavy atom. The molecule has 1 N–H and O–H groups in total. The highest BCUT2D eigenvalue weighted by Gasteiger charge is 2.35. The SMILES string of the molecule is O=C(c1ccc(F)c(Cl)c1Cl)N(C1CCCC1)C1CCNC1. The van der Waals surface area contributed by atoms with E-state index in [-0.39, 0.29) is 28.0 Å². The van der Waals surface area contributed by atoms with Gasteiger partial charge in [0.05, 0.1) is 15.6 Å². The van der Waals surface area contributed by atoms with Gasteiger partial charge in [-0.1, -0.05) is 36.0 Å². The van der Waals surface area contributed by atoms with Crippen molar-refractivity contribution in [1.82, 2.24) is 10.2 Å². The summed E-state index contributed by atoms with van der Waals surface area (Å²) in [6, 6.07) is 3.07. The molecule has 120 valence electrons. The van der Waals surface area contributed by atoms with Gasteiger partial charge in [-0.05, 0) is 37.9 Å². The monoisotopic (exact) mass is 344 g/mol. The maximum atomic E-state index is 13.5. The van der Waals surface area contributed by atoms with Gasteiger partial charge >= 0.3 is 0 Å². The van der Waals surface area contributed by atoms with Crippen LogP contribution in [0.25, 0.3) is 0 Å². The van der Waals surface area contributed by atoms with Crippen LogP contribution in [0.3, 0.4) is 0 Å². The number of carbonyl (C=O) groups excluding carboxylic acids is 1. The van der Waals surface area contributed by atoms with E-state index in [1.165, 1.54) is 12.1 Å². The van der Waals surface area contributed by atoms with E-state index in [9.17, 15) is 9.18 Å². The second-order valence-corrected chi connectivity index (χ2v) is 6.78. The fraction of sp³-hybridized carbons (Fsp3) is 0.562. The van der Waals surface area contributed by atoms with Gasteiger partial charge in [0.25, 0.3) is 5.91 Å². The molecule has 0 spiro atoms. The van der Waals surface area contributed by atoms with E-state index in [4.69, 9.17) is 23.2 Å². The quantitative estimate of drug-likeness (QED) is 0.844. The third-order valence-electron chi connectivity index (χ3n) is 4.65. The fourth-order valence-electron chi connectivity index (χ4n) is 3.52. The Hall–Kier alpha value is -0.840. The lowest BCUT2D eigenvalue weighted by Gasteiger charge is -2.34. The molecule has 3 nitrogen and oxygen atoms in total. The summed E-state index contributed by atoms with van der Waals surface area (Å²) in [6.45, 7) is 1.72. The number of rotatable bonds is 3. The molecular weight excluding hydrogens is 326 g/mol. The van der Waals surface area contributed by atoms with Gasteiger partial charge in [-0.25, -0.2) is 4.39 Å². The summed E-state index contributed by atoms with van der Waals surface area (Å²) in [7, 11) is 0. The predicted octanol–water partition coefficient (Wildman–Crippen LogP) is 3.88. The number of halogens is 3. The van der Waals surface area contributed by atoms with Crippen LogP contribution in [-0.2, 0) is 0 Å². The molecule has 1 saturated heterocycles. The Bertz CT molecular complexity index is 554. The molecule has 0 radical (unpaired) electrons. The molecule has 0 aromatic heterocycles. The van der Waals surface area contributed by atoms with Crippen molar-refractivity contribution < 1.29 is 9.18 Å². The minimum atomic E-state index is -0.599. The zero-order chi connectivity index (χ0) is 15.7. The molecular formula is C16H19Cl2FN2O. The average Bonchev–Trinajstić information content (AvgIpc) is 3.19. The fourth-order valence-corrected chi connectivity index (χ4v) is 3.92. The van der Waals surface area contributed by atoms with Crippen molar-refractivity contribution in [1.29, 1.82) is 0 Å². The molecule has 1 amide bonds. The van der Waals surface area contributed by atoms with Crippen LogP contribution in [0.2, 0.25) is 10.0 Å². The summed E-state index contributed by atoms with van der Waals surface area (Å²) in [5.41, 5.74) is 0.298. The van der Waals surface area contributed by atoms with Gasteiger partial charge in [-0.3, -0.25) is 4.79 Å². The second kappa shape index (κ2) is 6.73. The maximum Gasteiger partial charge on any atom is 0.255 e. The number of benzene rings is 1. The molecule has 22 heavy (non-hydrogen) atoms. The maximum absolute atomic E-state index is 13.5. The average molecular weight is 345 g/mol. The highest BCUT2D eigenvalue weighted by atomic mass is 35.5. The van der Waals surface area contributed by atoms with Gasteiger partial charge in [-0.2, -0.15) is 0 Å². The third-order valence-corrected chi connectivity index (χ3v) is 5.50. The third kappa shape index (κ3) is 2.97. The summed E-state index contributed by atoms with van der Waals surface area (Å²) in [5, 5.41) is 3.14. The smallest absolute Gasteiger partial charge is 0.255 e. The van der Waals surface area contributed by atoms with Gasteiger partial charge in [0.1, 0.15) is 5.82 Å². The molecule has 0 bridgehead atoms. The lowest BCUT2D eigenvalue weighted by molar-refractivity contribution is 0.0595. The van der Waals surface area contributed by atoms with Crippen LogP contribution in [0.4, 0.5) is 4.39 Å². The minimum absolute atomic E-state index is 0.0145. The molecule has 1 saturated carbocycles. The highest BCUT2D eigenvalue weighted by molar-refractivity contribution is 6.44. The summed E-state index contributed by atoms with van der Waals surface area (Å²) >= 11 is 12.0. The molecule has 1 aromatic rings. The van der Waals surface area contributed by atoms with E-state index in [0.29, 0.717) is 5.56 Å². The molecule has 1 heterocycles. The van der Waals surface area contributed by atoms with Crippen LogP contribution >= 0.6 is 23.2 Å². The minimum Gasteiger partial charge on any atom is -0.331 e. The molecule has 1 aliphatic carbocycles. The van der Waals surface area contributed by atoms with Crippen molar-refractivity contribution >= 4 is 29.1 Å². The van der Waals surface area contributed by atoms with Crippen molar-refractivity contribution in [2.45, 2.75) is 44.2 Å². The number of amides is 1. The van der Waals surface area contributed by atoms with Crippen LogP contribution in [0.1, 0.15) is 42.5 Å². The van der Waals surface area contributed by atoms with E-state index >= 15 is 0 Å². The van der Waals surface area contributed by atoms with Gasteiger partial charge in [0.15, 0.2) is 0 Å². The molecule has 1 atom stereocenters. The molecule has 6 heteroatoms. The van der Waals surface area contributed by atoms with E-state index in [0.717, 1.165) is 45.2 Å². The van der Waals surface area contributed by atoms with E-state index in [1.807, 2.05) is 4.90 Å². The molecule has 1 unspecified atom stereocenters. The first-order valence-corrected chi connectivity index (χ1v) is 8.52. The molecule has 2 aliphatic rings. The molecule has 1 aromatic carbocycles. The summed E-state index contributed by atoms with van der Waals surface area (Å²) in [5.74, 6) is -0.731. The largest absolute Gasteiger partial charge is 0.331 e. The second-order valence-electron chi connectivity index (χ2n) is 6.02. The lowest BCUT2D eigenvalue weighted by Crippen LogP contribution is -2.47. The van der Waals surface area contributed by atoms with Gasteiger partial charge in [0.2, 0.25) is 0 Å². The van der Waals surface area contributed by atoms with E-state index < -0.39 is 5.82 Å². The van der Waals surface area contributed by atoms with Gasteiger partial charge in [-0.15, -0.1) is 0 Å². The molecule has 1 aliphatic heterocycles. The topological polar surface area (TPSA) is 32.3 Å². The number of hydrogen-bond acceptors (Lipinski definition) is 2. The lowest BCUT2D eigenvalue weighted by atomic mass is 10.1. The van der Waals surface area contributed by atoms with E-state index in [2.05, 4.69) is 5.32 Å². The Labute approximate surface area is 139 Å². The van der Waals surface area contributed by atoms with Crippen molar-refractivity contribution in [3.8, 4) is 0 Å². The first kappa shape index (κ1) is 16.0. The van der Waals surface area contributed by atoms with Crippen LogP contribution in [0.5, 0.6) is 0 Å². The Kier molecular flexibility index (Phi) is 4.91. The van der Waals surface area contributed by atoms with Crippen LogP contribution in [0, 0.1) is 5.82 Å². The number of nitrogens with zero attached hydrogens (tertiary/aromatic N) is 1. The summed E-state index contributed by atoms with van der Waals surface area (Å²) in [4.78, 5) is 15.0. The van der Waals surface area contributed by atoms with Crippen LogP contribution in [-0.4, -0.2) is 36.0 Å².